The van der Waals surface area contributed by atoms with E-state index < -0.39 is 0 Å². The van der Waals surface area contributed by atoms with Crippen LogP contribution in [-0.2, 0) is 9.59 Å². The molecule has 0 aliphatic rings. The summed E-state index contributed by atoms with van der Waals surface area (Å²) in [5.74, 6) is -0.551. The first-order valence-corrected chi connectivity index (χ1v) is 8.53. The van der Waals surface area contributed by atoms with Gasteiger partial charge in [0.2, 0.25) is 11.8 Å². The fourth-order valence-corrected chi connectivity index (χ4v) is 2.79. The molecule has 0 aliphatic heterocycles. The molecule has 0 atom stereocenters. The molecule has 0 bridgehead atoms. The van der Waals surface area contributed by atoms with E-state index in [-0.39, 0.29) is 30.6 Å². The number of fused-ring (bicyclic) bond motifs is 1. The van der Waals surface area contributed by atoms with E-state index in [0.717, 1.165) is 0 Å². The van der Waals surface area contributed by atoms with Gasteiger partial charge in [-0.05, 0) is 37.4 Å². The van der Waals surface area contributed by atoms with Gasteiger partial charge in [-0.1, -0.05) is 23.7 Å². The largest absolute Gasteiger partial charge is 0.325 e. The number of H-pyrrole nitrogens is 2. The summed E-state index contributed by atoms with van der Waals surface area (Å²) in [5, 5.41) is 5.89. The molecule has 1 aromatic heterocycles. The standard InChI is InChI=1S/C18H18ClN5O3/c1-24(10-17(26)21-13-5-3-2-4-12(13)19)9-16(25)20-11-6-7-14-15(8-11)23-18(27)22-14/h2-8H,9-10H2,1H3,(H,20,25)(H,21,26)(H2,22,23,27). The lowest BCUT2D eigenvalue weighted by Crippen LogP contribution is -2.36. The topological polar surface area (TPSA) is 110 Å². The number of amides is 2. The minimum Gasteiger partial charge on any atom is -0.325 e. The van der Waals surface area contributed by atoms with E-state index in [9.17, 15) is 14.4 Å². The lowest BCUT2D eigenvalue weighted by Gasteiger charge is -2.16. The van der Waals surface area contributed by atoms with Crippen LogP contribution >= 0.6 is 11.6 Å². The fraction of sp³-hybridized carbons (Fsp3) is 0.167. The first kappa shape index (κ1) is 18.7. The molecule has 0 unspecified atom stereocenters. The number of hydrogen-bond donors (Lipinski definition) is 4. The Balaban J connectivity index is 1.52. The second-order valence-electron chi connectivity index (χ2n) is 6.09. The van der Waals surface area contributed by atoms with E-state index in [1.807, 2.05) is 0 Å². The zero-order valence-electron chi connectivity index (χ0n) is 14.5. The molecule has 0 aliphatic carbocycles. The van der Waals surface area contributed by atoms with Crippen molar-refractivity contribution in [3.05, 3.63) is 58.0 Å². The molecule has 9 heteroatoms. The van der Waals surface area contributed by atoms with Gasteiger partial charge in [-0.3, -0.25) is 14.5 Å². The molecule has 0 fully saturated rings. The maximum absolute atomic E-state index is 12.2. The van der Waals surface area contributed by atoms with Crippen LogP contribution in [-0.4, -0.2) is 46.8 Å². The summed E-state index contributed by atoms with van der Waals surface area (Å²) in [4.78, 5) is 42.4. The number of halogens is 1. The minimum absolute atomic E-state index is 0.0254. The Labute approximate surface area is 159 Å². The summed E-state index contributed by atoms with van der Waals surface area (Å²) in [6.07, 6.45) is 0. The molecule has 0 saturated carbocycles. The van der Waals surface area contributed by atoms with Crippen molar-refractivity contribution in [1.82, 2.24) is 14.9 Å². The molecule has 2 aromatic carbocycles. The third kappa shape index (κ3) is 4.96. The molecule has 3 rings (SSSR count). The van der Waals surface area contributed by atoms with Crippen LogP contribution in [0, 0.1) is 0 Å². The van der Waals surface area contributed by atoms with Gasteiger partial charge in [0, 0.05) is 5.69 Å². The predicted molar refractivity (Wildman–Crippen MR) is 105 cm³/mol. The van der Waals surface area contributed by atoms with Crippen LogP contribution in [0.1, 0.15) is 0 Å². The van der Waals surface area contributed by atoms with Crippen LogP contribution in [0.3, 0.4) is 0 Å². The normalized spacial score (nSPS) is 10.9. The third-order valence-electron chi connectivity index (χ3n) is 3.77. The number of carbonyl (C=O) groups excluding carboxylic acids is 2. The Morgan fingerprint density at radius 1 is 1.00 bits per heavy atom. The number of aromatic amines is 2. The van der Waals surface area contributed by atoms with E-state index >= 15 is 0 Å². The molecule has 0 spiro atoms. The predicted octanol–water partition coefficient (Wildman–Crippen LogP) is 2.02. The molecule has 0 saturated heterocycles. The van der Waals surface area contributed by atoms with E-state index in [1.165, 1.54) is 0 Å². The third-order valence-corrected chi connectivity index (χ3v) is 4.10. The molecule has 3 aromatic rings. The summed E-state index contributed by atoms with van der Waals surface area (Å²) < 4.78 is 0. The Bertz CT molecular complexity index is 1040. The van der Waals surface area contributed by atoms with Crippen molar-refractivity contribution < 1.29 is 9.59 Å². The first-order chi connectivity index (χ1) is 12.9. The summed E-state index contributed by atoms with van der Waals surface area (Å²) in [5.41, 5.74) is 2.03. The van der Waals surface area contributed by atoms with Crippen LogP contribution in [0.4, 0.5) is 11.4 Å². The highest BCUT2D eigenvalue weighted by atomic mass is 35.5. The average Bonchev–Trinajstić information content (AvgIpc) is 2.95. The van der Waals surface area contributed by atoms with Crippen molar-refractivity contribution in [2.75, 3.05) is 30.8 Å². The van der Waals surface area contributed by atoms with Gasteiger partial charge in [-0.2, -0.15) is 0 Å². The number of imidazole rings is 1. The quantitative estimate of drug-likeness (QED) is 0.518. The molecular formula is C18H18ClN5O3. The van der Waals surface area contributed by atoms with Crippen molar-refractivity contribution in [3.8, 4) is 0 Å². The Hall–Kier alpha value is -3.10. The molecule has 2 amide bonds. The lowest BCUT2D eigenvalue weighted by atomic mass is 10.2. The van der Waals surface area contributed by atoms with Crippen LogP contribution < -0.4 is 16.3 Å². The van der Waals surface area contributed by atoms with Gasteiger partial charge < -0.3 is 20.6 Å². The maximum Gasteiger partial charge on any atom is 0.323 e. The van der Waals surface area contributed by atoms with Crippen molar-refractivity contribution in [2.45, 2.75) is 0 Å². The van der Waals surface area contributed by atoms with Gasteiger partial charge in [0.05, 0.1) is 34.8 Å². The van der Waals surface area contributed by atoms with Crippen molar-refractivity contribution in [2.24, 2.45) is 0 Å². The minimum atomic E-state index is -0.308. The number of rotatable bonds is 6. The monoisotopic (exact) mass is 387 g/mol. The molecule has 8 nitrogen and oxygen atoms in total. The van der Waals surface area contributed by atoms with Crippen LogP contribution in [0.15, 0.2) is 47.3 Å². The maximum atomic E-state index is 12.2. The summed E-state index contributed by atoms with van der Waals surface area (Å²) >= 11 is 6.01. The van der Waals surface area contributed by atoms with Crippen molar-refractivity contribution in [1.29, 1.82) is 0 Å². The van der Waals surface area contributed by atoms with Crippen molar-refractivity contribution >= 4 is 45.8 Å². The Morgan fingerprint density at radius 2 is 1.67 bits per heavy atom. The average molecular weight is 388 g/mol. The van der Waals surface area contributed by atoms with E-state index in [0.29, 0.717) is 27.4 Å². The number of hydrogen-bond acceptors (Lipinski definition) is 4. The van der Waals surface area contributed by atoms with Crippen LogP contribution in [0.2, 0.25) is 5.02 Å². The highest BCUT2D eigenvalue weighted by molar-refractivity contribution is 6.33. The highest BCUT2D eigenvalue weighted by Gasteiger charge is 2.12. The molecule has 140 valence electrons. The number of carbonyl (C=O) groups is 2. The first-order valence-electron chi connectivity index (χ1n) is 8.15. The summed E-state index contributed by atoms with van der Waals surface area (Å²) in [6.45, 7) is 0.0560. The summed E-state index contributed by atoms with van der Waals surface area (Å²) in [6, 6.07) is 12.0. The van der Waals surface area contributed by atoms with Gasteiger partial charge in [0.15, 0.2) is 0 Å². The second kappa shape index (κ2) is 8.07. The molecule has 0 radical (unpaired) electrons. The van der Waals surface area contributed by atoms with Crippen molar-refractivity contribution in [3.63, 3.8) is 0 Å². The number of nitrogens with zero attached hydrogens (tertiary/aromatic N) is 1. The molecule has 1 heterocycles. The molecule has 4 N–H and O–H groups in total. The number of nitrogens with one attached hydrogen (secondary N) is 4. The lowest BCUT2D eigenvalue weighted by molar-refractivity contribution is -0.119. The smallest absolute Gasteiger partial charge is 0.323 e. The van der Waals surface area contributed by atoms with E-state index in [1.54, 1.807) is 54.4 Å². The number of aromatic nitrogens is 2. The van der Waals surface area contributed by atoms with Gasteiger partial charge >= 0.3 is 5.69 Å². The van der Waals surface area contributed by atoms with Gasteiger partial charge in [-0.15, -0.1) is 0 Å². The number of likely N-dealkylation sites (N-methyl/N-ethyl adjacent to an activating group) is 1. The van der Waals surface area contributed by atoms with Crippen LogP contribution in [0.5, 0.6) is 0 Å². The number of benzene rings is 2. The Kier molecular flexibility index (Phi) is 5.58. The van der Waals surface area contributed by atoms with Crippen LogP contribution in [0.25, 0.3) is 11.0 Å². The van der Waals surface area contributed by atoms with E-state index in [2.05, 4.69) is 20.6 Å². The van der Waals surface area contributed by atoms with E-state index in [4.69, 9.17) is 11.6 Å². The van der Waals surface area contributed by atoms with Gasteiger partial charge in [-0.25, -0.2) is 4.79 Å². The highest BCUT2D eigenvalue weighted by Crippen LogP contribution is 2.20. The SMILES string of the molecule is CN(CC(=O)Nc1ccc2[nH]c(=O)[nH]c2c1)CC(=O)Nc1ccccc1Cl. The number of anilines is 2. The fourth-order valence-electron chi connectivity index (χ4n) is 2.61. The number of para-hydroxylation sites is 1. The van der Waals surface area contributed by atoms with Gasteiger partial charge in [0.1, 0.15) is 0 Å². The zero-order chi connectivity index (χ0) is 19.4. The Morgan fingerprint density at radius 3 is 2.41 bits per heavy atom. The second-order valence-corrected chi connectivity index (χ2v) is 6.50. The molecular weight excluding hydrogens is 370 g/mol. The summed E-state index contributed by atoms with van der Waals surface area (Å²) in [7, 11) is 1.67. The van der Waals surface area contributed by atoms with Gasteiger partial charge in [0.25, 0.3) is 0 Å². The molecule has 27 heavy (non-hydrogen) atoms. The zero-order valence-corrected chi connectivity index (χ0v) is 15.3.